The van der Waals surface area contributed by atoms with Gasteiger partial charge in [-0.25, -0.2) is 9.96 Å². The van der Waals surface area contributed by atoms with Gasteiger partial charge in [0.25, 0.3) is 5.91 Å². The van der Waals surface area contributed by atoms with Gasteiger partial charge < -0.3 is 5.11 Å². The predicted octanol–water partition coefficient (Wildman–Crippen LogP) is 3.75. The van der Waals surface area contributed by atoms with Gasteiger partial charge in [-0.05, 0) is 48.4 Å². The Morgan fingerprint density at radius 2 is 1.50 bits per heavy atom. The second kappa shape index (κ2) is 7.00. The van der Waals surface area contributed by atoms with Gasteiger partial charge in [-0.15, -0.1) is 0 Å². The van der Waals surface area contributed by atoms with Crippen molar-refractivity contribution in [3.8, 4) is 5.75 Å². The van der Waals surface area contributed by atoms with Gasteiger partial charge in [-0.1, -0.05) is 48.5 Å². The van der Waals surface area contributed by atoms with Gasteiger partial charge in [0.1, 0.15) is 11.7 Å². The quantitative estimate of drug-likeness (QED) is 0.678. The summed E-state index contributed by atoms with van der Waals surface area (Å²) in [6, 6.07) is 22.9. The lowest BCUT2D eigenvalue weighted by atomic mass is 9.90. The van der Waals surface area contributed by atoms with Crippen LogP contribution in [0, 0.1) is 12.8 Å². The van der Waals surface area contributed by atoms with Crippen molar-refractivity contribution < 1.29 is 19.5 Å². The number of rotatable bonds is 3. The van der Waals surface area contributed by atoms with Gasteiger partial charge in [0.15, 0.2) is 6.10 Å². The van der Waals surface area contributed by atoms with Crippen molar-refractivity contribution in [3.05, 3.63) is 90.0 Å². The third-order valence-corrected chi connectivity index (χ3v) is 5.72. The van der Waals surface area contributed by atoms with Gasteiger partial charge in [0.2, 0.25) is 5.91 Å². The number of aromatic hydroxyl groups is 1. The minimum Gasteiger partial charge on any atom is -0.508 e. The number of hydrogen-bond acceptors (Lipinski definition) is 5. The molecular weight excluding hydrogens is 380 g/mol. The lowest BCUT2D eigenvalue weighted by molar-refractivity contribution is -0.126. The summed E-state index contributed by atoms with van der Waals surface area (Å²) in [7, 11) is 0. The zero-order valence-electron chi connectivity index (χ0n) is 16.3. The molecule has 0 saturated carbocycles. The van der Waals surface area contributed by atoms with Gasteiger partial charge in [-0.3, -0.25) is 14.4 Å². The van der Waals surface area contributed by atoms with Crippen LogP contribution < -0.4 is 9.96 Å². The maximum absolute atomic E-state index is 13.5. The van der Waals surface area contributed by atoms with Gasteiger partial charge in [0, 0.05) is 0 Å². The van der Waals surface area contributed by atoms with Crippen LogP contribution in [0.25, 0.3) is 0 Å². The maximum Gasteiger partial charge on any atom is 0.266 e. The van der Waals surface area contributed by atoms with Crippen molar-refractivity contribution in [2.45, 2.75) is 19.1 Å². The first-order valence-electron chi connectivity index (χ1n) is 9.79. The highest BCUT2D eigenvalue weighted by molar-refractivity contribution is 6.24. The number of aryl methyl sites for hydroxylation is 1. The molecule has 6 nitrogen and oxygen atoms in total. The maximum atomic E-state index is 13.5. The number of amides is 2. The number of carbonyl (C=O) groups is 2. The zero-order valence-corrected chi connectivity index (χ0v) is 16.3. The van der Waals surface area contributed by atoms with Crippen LogP contribution in [0.4, 0.5) is 11.4 Å². The number of para-hydroxylation sites is 2. The fourth-order valence-corrected chi connectivity index (χ4v) is 4.28. The molecule has 3 aromatic carbocycles. The van der Waals surface area contributed by atoms with E-state index >= 15 is 0 Å². The van der Waals surface area contributed by atoms with Crippen molar-refractivity contribution in [3.63, 3.8) is 0 Å². The van der Waals surface area contributed by atoms with E-state index in [1.54, 1.807) is 35.4 Å². The highest BCUT2D eigenvalue weighted by Crippen LogP contribution is 2.47. The molecule has 3 aromatic rings. The molecule has 0 unspecified atom stereocenters. The van der Waals surface area contributed by atoms with E-state index in [0.717, 1.165) is 16.8 Å². The minimum atomic E-state index is -0.906. The first-order chi connectivity index (χ1) is 14.6. The molecule has 2 fully saturated rings. The summed E-state index contributed by atoms with van der Waals surface area (Å²) in [6.07, 6.45) is -0.906. The minimum absolute atomic E-state index is 0.135. The Labute approximate surface area is 173 Å². The van der Waals surface area contributed by atoms with Crippen LogP contribution in [-0.2, 0) is 14.4 Å². The number of nitrogens with zero attached hydrogens (tertiary/aromatic N) is 2. The van der Waals surface area contributed by atoms with Crippen molar-refractivity contribution in [2.24, 2.45) is 5.92 Å². The Hall–Kier alpha value is -3.64. The Bertz CT molecular complexity index is 1110. The number of imide groups is 1. The van der Waals surface area contributed by atoms with Crippen LogP contribution in [0.5, 0.6) is 5.75 Å². The highest BCUT2D eigenvalue weighted by atomic mass is 16.7. The number of fused-ring (bicyclic) bond motifs is 1. The molecule has 2 heterocycles. The second-order valence-corrected chi connectivity index (χ2v) is 7.55. The Morgan fingerprint density at radius 3 is 2.20 bits per heavy atom. The molecule has 2 aliphatic rings. The number of carbonyl (C=O) groups excluding carboxylic acids is 2. The first kappa shape index (κ1) is 18.4. The van der Waals surface area contributed by atoms with E-state index in [1.165, 1.54) is 4.90 Å². The van der Waals surface area contributed by atoms with Crippen molar-refractivity contribution >= 4 is 23.2 Å². The Morgan fingerprint density at radius 1 is 0.833 bits per heavy atom. The second-order valence-electron chi connectivity index (χ2n) is 7.55. The number of benzene rings is 3. The number of hydrogen-bond donors (Lipinski definition) is 1. The molecule has 0 spiro atoms. The average Bonchev–Trinajstić information content (AvgIpc) is 3.26. The molecule has 2 saturated heterocycles. The van der Waals surface area contributed by atoms with E-state index in [4.69, 9.17) is 4.84 Å². The first-order valence-corrected chi connectivity index (χ1v) is 9.79. The van der Waals surface area contributed by atoms with Crippen LogP contribution in [0.3, 0.4) is 0 Å². The number of phenols is 1. The van der Waals surface area contributed by atoms with E-state index < -0.39 is 18.1 Å². The molecule has 0 radical (unpaired) electrons. The lowest BCUT2D eigenvalue weighted by Crippen LogP contribution is -2.37. The smallest absolute Gasteiger partial charge is 0.266 e. The van der Waals surface area contributed by atoms with Crippen LogP contribution in [0.1, 0.15) is 17.2 Å². The monoisotopic (exact) mass is 400 g/mol. The van der Waals surface area contributed by atoms with Crippen LogP contribution in [0.15, 0.2) is 78.9 Å². The molecule has 0 aliphatic carbocycles. The summed E-state index contributed by atoms with van der Waals surface area (Å²) < 4.78 is 0. The van der Waals surface area contributed by atoms with Crippen molar-refractivity contribution in [1.29, 1.82) is 0 Å². The van der Waals surface area contributed by atoms with Crippen LogP contribution in [-0.4, -0.2) is 23.0 Å². The van der Waals surface area contributed by atoms with Crippen molar-refractivity contribution in [2.75, 3.05) is 9.96 Å². The predicted molar refractivity (Wildman–Crippen MR) is 112 cm³/mol. The molecule has 1 N–H and O–H groups in total. The summed E-state index contributed by atoms with van der Waals surface area (Å²) in [6.45, 7) is 1.87. The molecule has 2 aliphatic heterocycles. The molecule has 0 bridgehead atoms. The summed E-state index contributed by atoms with van der Waals surface area (Å²) in [5.41, 5.74) is 2.98. The number of anilines is 2. The molecule has 2 amide bonds. The SMILES string of the molecule is Cc1ccccc1N1C(=O)[C@@H]2[C@@H](c3ccc(O)cc3)N(c3ccccc3)O[C@H]2C1=O. The van der Waals surface area contributed by atoms with E-state index in [1.807, 2.05) is 55.5 Å². The number of hydroxylamine groups is 1. The molecule has 150 valence electrons. The summed E-state index contributed by atoms with van der Waals surface area (Å²) in [5.74, 6) is -1.20. The fraction of sp³-hybridized carbons (Fsp3) is 0.167. The number of phenolic OH excluding ortho intramolecular Hbond substituents is 1. The Kier molecular flexibility index (Phi) is 4.29. The largest absolute Gasteiger partial charge is 0.508 e. The summed E-state index contributed by atoms with van der Waals surface area (Å²) in [5, 5.41) is 11.4. The third-order valence-electron chi connectivity index (χ3n) is 5.72. The molecule has 6 heteroatoms. The summed E-state index contributed by atoms with van der Waals surface area (Å²) in [4.78, 5) is 34.2. The summed E-state index contributed by atoms with van der Waals surface area (Å²) >= 11 is 0. The Balaban J connectivity index is 1.60. The highest BCUT2D eigenvalue weighted by Gasteiger charge is 2.60. The van der Waals surface area contributed by atoms with E-state index in [-0.39, 0.29) is 17.6 Å². The van der Waals surface area contributed by atoms with E-state index in [2.05, 4.69) is 0 Å². The third kappa shape index (κ3) is 2.76. The fourth-order valence-electron chi connectivity index (χ4n) is 4.28. The van der Waals surface area contributed by atoms with Crippen molar-refractivity contribution in [1.82, 2.24) is 0 Å². The van der Waals surface area contributed by atoms with Gasteiger partial charge >= 0.3 is 0 Å². The molecule has 30 heavy (non-hydrogen) atoms. The molecule has 3 atom stereocenters. The van der Waals surface area contributed by atoms with E-state index in [0.29, 0.717) is 5.69 Å². The molecular formula is C24H20N2O4. The topological polar surface area (TPSA) is 70.1 Å². The zero-order chi connectivity index (χ0) is 20.8. The van der Waals surface area contributed by atoms with Gasteiger partial charge in [-0.2, -0.15) is 0 Å². The standard InChI is InChI=1S/C24H20N2O4/c1-15-7-5-6-10-19(15)25-23(28)20-21(16-11-13-18(27)14-12-16)26(30-22(20)24(25)29)17-8-3-2-4-9-17/h2-14,20-22,27H,1H3/t20-,21-,22-/m1/s1. The van der Waals surface area contributed by atoms with Crippen LogP contribution in [0.2, 0.25) is 0 Å². The average molecular weight is 400 g/mol. The molecule has 5 rings (SSSR count). The molecule has 0 aromatic heterocycles. The normalized spacial score (nSPS) is 23.2. The van der Waals surface area contributed by atoms with E-state index in [9.17, 15) is 14.7 Å². The van der Waals surface area contributed by atoms with Crippen LogP contribution >= 0.6 is 0 Å². The van der Waals surface area contributed by atoms with Gasteiger partial charge in [0.05, 0.1) is 17.4 Å². The lowest BCUT2D eigenvalue weighted by Gasteiger charge is -2.29.